The van der Waals surface area contributed by atoms with Crippen LogP contribution in [0.5, 0.6) is 0 Å². The minimum atomic E-state index is -4.37. The lowest BCUT2D eigenvalue weighted by molar-refractivity contribution is -0.163. The van der Waals surface area contributed by atoms with E-state index in [1.807, 2.05) is 4.90 Å². The zero-order chi connectivity index (χ0) is 16.0. The average molecular weight is 310 g/mol. The van der Waals surface area contributed by atoms with E-state index < -0.39 is 18.6 Å². The smallest absolute Gasteiger partial charge is 0.396 e. The van der Waals surface area contributed by atoms with Gasteiger partial charge < -0.3 is 10.0 Å². The van der Waals surface area contributed by atoms with E-state index in [-0.39, 0.29) is 31.5 Å². The number of piperidine rings is 1. The maximum Gasteiger partial charge on any atom is 0.406 e. The molecule has 7 heteroatoms. The fourth-order valence-corrected chi connectivity index (χ4v) is 2.65. The monoisotopic (exact) mass is 310 g/mol. The molecule has 0 aromatic carbocycles. The van der Waals surface area contributed by atoms with E-state index in [0.717, 1.165) is 17.7 Å². The lowest BCUT2D eigenvalue weighted by atomic mass is 9.99. The summed E-state index contributed by atoms with van der Waals surface area (Å²) in [6.07, 6.45) is -2.61. The van der Waals surface area contributed by atoms with Crippen LogP contribution in [0.2, 0.25) is 0 Å². The number of likely N-dealkylation sites (tertiary alicyclic amines) is 1. The number of nitrogens with zero attached hydrogens (tertiary/aromatic N) is 2. The van der Waals surface area contributed by atoms with Crippen molar-refractivity contribution >= 4 is 5.91 Å². The Morgan fingerprint density at radius 2 is 2.10 bits per heavy atom. The van der Waals surface area contributed by atoms with Crippen LogP contribution in [0.25, 0.3) is 0 Å². The first-order valence-electron chi connectivity index (χ1n) is 7.39. The zero-order valence-electron chi connectivity index (χ0n) is 12.7. The van der Waals surface area contributed by atoms with Gasteiger partial charge in [-0.3, -0.25) is 9.69 Å². The number of rotatable bonds is 6. The summed E-state index contributed by atoms with van der Waals surface area (Å²) in [6.45, 7) is 3.82. The highest BCUT2D eigenvalue weighted by Gasteiger charge is 2.34. The number of halogens is 3. The van der Waals surface area contributed by atoms with Gasteiger partial charge in [0, 0.05) is 19.7 Å². The molecule has 21 heavy (non-hydrogen) atoms. The summed E-state index contributed by atoms with van der Waals surface area (Å²) in [5.74, 6) is -0.379. The molecule has 1 heterocycles. The first-order valence-corrected chi connectivity index (χ1v) is 7.39. The summed E-state index contributed by atoms with van der Waals surface area (Å²) in [7, 11) is 0. The Bertz CT molecular complexity index is 335. The number of carbonyl (C=O) groups is 1. The van der Waals surface area contributed by atoms with Crippen LogP contribution in [0.1, 0.15) is 26.7 Å². The number of hydrogen-bond acceptors (Lipinski definition) is 3. The molecule has 124 valence electrons. The third-order valence-electron chi connectivity index (χ3n) is 3.53. The highest BCUT2D eigenvalue weighted by Crippen LogP contribution is 2.19. The quantitative estimate of drug-likeness (QED) is 0.813. The Morgan fingerprint density at radius 1 is 1.43 bits per heavy atom. The molecule has 0 bridgehead atoms. The summed E-state index contributed by atoms with van der Waals surface area (Å²) in [5.41, 5.74) is 0. The summed E-state index contributed by atoms with van der Waals surface area (Å²) >= 11 is 0. The van der Waals surface area contributed by atoms with E-state index in [4.69, 9.17) is 5.11 Å². The van der Waals surface area contributed by atoms with Gasteiger partial charge in [-0.2, -0.15) is 13.2 Å². The number of alkyl halides is 3. The number of aliphatic hydroxyl groups excluding tert-OH is 1. The van der Waals surface area contributed by atoms with Crippen molar-refractivity contribution in [3.8, 4) is 0 Å². The first kappa shape index (κ1) is 18.2. The molecule has 1 N–H and O–H groups in total. The molecule has 1 rings (SSSR count). The molecule has 0 aromatic heterocycles. The number of carbonyl (C=O) groups excluding carboxylic acids is 1. The molecule has 0 saturated carbocycles. The van der Waals surface area contributed by atoms with E-state index in [1.54, 1.807) is 13.8 Å². The Balaban J connectivity index is 2.58. The van der Waals surface area contributed by atoms with Gasteiger partial charge in [-0.05, 0) is 31.2 Å². The van der Waals surface area contributed by atoms with Crippen molar-refractivity contribution in [3.63, 3.8) is 0 Å². The molecule has 0 aliphatic carbocycles. The number of aliphatic hydroxyl groups is 1. The first-order chi connectivity index (χ1) is 9.71. The van der Waals surface area contributed by atoms with Crippen molar-refractivity contribution in [2.45, 2.75) is 32.9 Å². The van der Waals surface area contributed by atoms with Gasteiger partial charge in [0.1, 0.15) is 6.54 Å². The van der Waals surface area contributed by atoms with Crippen LogP contribution < -0.4 is 0 Å². The van der Waals surface area contributed by atoms with Crippen LogP contribution in [0.3, 0.4) is 0 Å². The topological polar surface area (TPSA) is 43.8 Å². The molecular formula is C14H25F3N2O2. The van der Waals surface area contributed by atoms with Crippen LogP contribution in [0.15, 0.2) is 0 Å². The summed E-state index contributed by atoms with van der Waals surface area (Å²) in [6, 6.07) is 0. The Kier molecular flexibility index (Phi) is 6.93. The summed E-state index contributed by atoms with van der Waals surface area (Å²) < 4.78 is 37.7. The lowest BCUT2D eigenvalue weighted by Crippen LogP contribution is -2.48. The van der Waals surface area contributed by atoms with Crippen molar-refractivity contribution in [3.05, 3.63) is 0 Å². The second kappa shape index (κ2) is 7.98. The van der Waals surface area contributed by atoms with Crippen molar-refractivity contribution in [1.82, 2.24) is 9.80 Å². The molecule has 1 atom stereocenters. The molecule has 1 aliphatic heterocycles. The van der Waals surface area contributed by atoms with E-state index in [9.17, 15) is 18.0 Å². The van der Waals surface area contributed by atoms with Crippen LogP contribution in [-0.4, -0.2) is 66.3 Å². The standard InChI is InChI=1S/C14H25F3N2O2/c1-11(2)6-19(10-14(15,16)17)13(21)8-18-5-3-4-12(7-18)9-20/h11-12,20H,3-10H2,1-2H3. The lowest BCUT2D eigenvalue weighted by Gasteiger charge is -2.33. The predicted octanol–water partition coefficient (Wildman–Crippen LogP) is 1.74. The third-order valence-corrected chi connectivity index (χ3v) is 3.53. The van der Waals surface area contributed by atoms with Gasteiger partial charge in [-0.1, -0.05) is 13.8 Å². The fourth-order valence-electron chi connectivity index (χ4n) is 2.65. The van der Waals surface area contributed by atoms with Crippen molar-refractivity contribution in [1.29, 1.82) is 0 Å². The molecule has 1 amide bonds. The average Bonchev–Trinajstić information content (AvgIpc) is 2.36. The minimum absolute atomic E-state index is 0.000694. The van der Waals surface area contributed by atoms with Gasteiger partial charge in [0.05, 0.1) is 6.54 Å². The Hall–Kier alpha value is -0.820. The zero-order valence-corrected chi connectivity index (χ0v) is 12.7. The molecule has 0 aromatic rings. The van der Waals surface area contributed by atoms with Crippen LogP contribution in [-0.2, 0) is 4.79 Å². The van der Waals surface area contributed by atoms with E-state index >= 15 is 0 Å². The number of amides is 1. The van der Waals surface area contributed by atoms with Gasteiger partial charge in [-0.15, -0.1) is 0 Å². The second-order valence-corrected chi connectivity index (χ2v) is 6.21. The normalized spacial score (nSPS) is 20.8. The molecule has 1 aliphatic rings. The van der Waals surface area contributed by atoms with Gasteiger partial charge in [0.15, 0.2) is 0 Å². The van der Waals surface area contributed by atoms with E-state index in [0.29, 0.717) is 13.1 Å². The SMILES string of the molecule is CC(C)CN(CC(F)(F)F)C(=O)CN1CCCC(CO)C1. The highest BCUT2D eigenvalue weighted by atomic mass is 19.4. The van der Waals surface area contributed by atoms with E-state index in [1.165, 1.54) is 0 Å². The predicted molar refractivity (Wildman–Crippen MR) is 73.7 cm³/mol. The molecule has 0 spiro atoms. The van der Waals surface area contributed by atoms with Crippen molar-refractivity contribution in [2.24, 2.45) is 11.8 Å². The maximum absolute atomic E-state index is 12.6. The Morgan fingerprint density at radius 3 is 2.62 bits per heavy atom. The minimum Gasteiger partial charge on any atom is -0.396 e. The summed E-state index contributed by atoms with van der Waals surface area (Å²) in [4.78, 5) is 14.9. The molecule has 0 radical (unpaired) electrons. The van der Waals surface area contributed by atoms with Gasteiger partial charge in [0.2, 0.25) is 5.91 Å². The largest absolute Gasteiger partial charge is 0.406 e. The molecular weight excluding hydrogens is 285 g/mol. The number of hydrogen-bond donors (Lipinski definition) is 1. The molecule has 1 unspecified atom stereocenters. The molecule has 1 fully saturated rings. The van der Waals surface area contributed by atoms with Gasteiger partial charge >= 0.3 is 6.18 Å². The van der Waals surface area contributed by atoms with Gasteiger partial charge in [-0.25, -0.2) is 0 Å². The molecule has 4 nitrogen and oxygen atoms in total. The van der Waals surface area contributed by atoms with Crippen LogP contribution in [0.4, 0.5) is 13.2 Å². The maximum atomic E-state index is 12.6. The van der Waals surface area contributed by atoms with Crippen LogP contribution >= 0.6 is 0 Å². The second-order valence-electron chi connectivity index (χ2n) is 6.21. The molecule has 1 saturated heterocycles. The third kappa shape index (κ3) is 7.13. The van der Waals surface area contributed by atoms with Gasteiger partial charge in [0.25, 0.3) is 0 Å². The Labute approximate surface area is 123 Å². The van der Waals surface area contributed by atoms with Crippen molar-refractivity contribution < 1.29 is 23.1 Å². The fraction of sp³-hybridized carbons (Fsp3) is 0.929. The summed E-state index contributed by atoms with van der Waals surface area (Å²) in [5, 5.41) is 9.15. The van der Waals surface area contributed by atoms with E-state index in [2.05, 4.69) is 0 Å². The van der Waals surface area contributed by atoms with Crippen LogP contribution in [0, 0.1) is 11.8 Å². The highest BCUT2D eigenvalue weighted by molar-refractivity contribution is 5.78. The van der Waals surface area contributed by atoms with Crippen molar-refractivity contribution in [2.75, 3.05) is 39.3 Å².